The Labute approximate surface area is 148 Å². The molecule has 2 aromatic heterocycles. The van der Waals surface area contributed by atoms with E-state index in [4.69, 9.17) is 0 Å². The predicted molar refractivity (Wildman–Crippen MR) is 86.4 cm³/mol. The molecule has 1 saturated carbocycles. The predicted octanol–water partition coefficient (Wildman–Crippen LogP) is 2.91. The fraction of sp³-hybridized carbons (Fsp3) is 0.529. The Bertz CT molecular complexity index is 905. The van der Waals surface area contributed by atoms with Crippen LogP contribution in [0.4, 0.5) is 13.2 Å². The average Bonchev–Trinajstić information content (AvgIpc) is 3.29. The third-order valence-electron chi connectivity index (χ3n) is 4.56. The quantitative estimate of drug-likeness (QED) is 0.903. The largest absolute Gasteiger partial charge is 0.408 e. The van der Waals surface area contributed by atoms with E-state index in [1.54, 1.807) is 26.8 Å². The molecule has 0 aliphatic heterocycles. The first kappa shape index (κ1) is 18.2. The highest BCUT2D eigenvalue weighted by molar-refractivity contribution is 5.98. The second-order valence-electron chi connectivity index (χ2n) is 7.14. The van der Waals surface area contributed by atoms with Gasteiger partial charge < -0.3 is 5.32 Å². The van der Waals surface area contributed by atoms with Crippen molar-refractivity contribution < 1.29 is 18.0 Å². The summed E-state index contributed by atoms with van der Waals surface area (Å²) in [5.41, 5.74) is 0.146. The second kappa shape index (κ2) is 5.97. The highest BCUT2D eigenvalue weighted by Crippen LogP contribution is 2.40. The molecule has 0 aromatic carbocycles. The van der Waals surface area contributed by atoms with Crippen molar-refractivity contribution in [1.29, 1.82) is 5.26 Å². The van der Waals surface area contributed by atoms with Crippen LogP contribution in [-0.2, 0) is 5.41 Å². The molecule has 3 rings (SSSR count). The number of amides is 1. The first-order chi connectivity index (χ1) is 12.0. The number of alkyl halides is 3. The maximum Gasteiger partial charge on any atom is 0.408 e. The maximum atomic E-state index is 13.2. The standard InChI is InChI=1S/C17H18F3N5O/c1-9-6-11(16(2,3)7-21)23-14-12(22-8-25(9)14)15(26)24-13(10-4-5-10)17(18,19)20/h6,8,10,13H,4-5H2,1-3H3,(H,24,26). The highest BCUT2D eigenvalue weighted by Gasteiger charge is 2.50. The van der Waals surface area contributed by atoms with Crippen molar-refractivity contribution in [3.8, 4) is 6.07 Å². The van der Waals surface area contributed by atoms with E-state index in [1.807, 2.05) is 0 Å². The third kappa shape index (κ3) is 3.23. The van der Waals surface area contributed by atoms with Crippen molar-refractivity contribution in [3.05, 3.63) is 29.5 Å². The van der Waals surface area contributed by atoms with Gasteiger partial charge in [0.1, 0.15) is 12.4 Å². The molecule has 1 N–H and O–H groups in total. The number of hydrogen-bond donors (Lipinski definition) is 1. The van der Waals surface area contributed by atoms with Crippen LogP contribution in [0, 0.1) is 24.2 Å². The zero-order valence-electron chi connectivity index (χ0n) is 14.6. The van der Waals surface area contributed by atoms with Crippen LogP contribution in [0.25, 0.3) is 5.65 Å². The number of nitrogens with zero attached hydrogens (tertiary/aromatic N) is 4. The molecular weight excluding hydrogens is 347 g/mol. The molecule has 1 aliphatic carbocycles. The Kier molecular flexibility index (Phi) is 4.17. The minimum Gasteiger partial charge on any atom is -0.339 e. The van der Waals surface area contributed by atoms with Gasteiger partial charge in [-0.15, -0.1) is 0 Å². The van der Waals surface area contributed by atoms with E-state index < -0.39 is 29.5 Å². The number of hydrogen-bond acceptors (Lipinski definition) is 4. The van der Waals surface area contributed by atoms with Crippen molar-refractivity contribution in [2.45, 2.75) is 51.2 Å². The molecular formula is C17H18F3N5O. The fourth-order valence-corrected chi connectivity index (χ4v) is 2.76. The minimum atomic E-state index is -4.51. The fourth-order valence-electron chi connectivity index (χ4n) is 2.76. The first-order valence-electron chi connectivity index (χ1n) is 8.18. The number of nitriles is 1. The number of aromatic nitrogens is 3. The molecule has 1 amide bonds. The lowest BCUT2D eigenvalue weighted by molar-refractivity contribution is -0.158. The van der Waals surface area contributed by atoms with E-state index in [2.05, 4.69) is 21.4 Å². The van der Waals surface area contributed by atoms with E-state index in [1.165, 1.54) is 10.7 Å². The van der Waals surface area contributed by atoms with Crippen LogP contribution in [0.2, 0.25) is 0 Å². The first-order valence-corrected chi connectivity index (χ1v) is 8.18. The second-order valence-corrected chi connectivity index (χ2v) is 7.14. The molecule has 2 heterocycles. The molecule has 0 saturated heterocycles. The van der Waals surface area contributed by atoms with Gasteiger partial charge in [0.15, 0.2) is 11.3 Å². The zero-order valence-corrected chi connectivity index (χ0v) is 14.6. The number of rotatable bonds is 4. The summed E-state index contributed by atoms with van der Waals surface area (Å²) in [6, 6.07) is 1.94. The van der Waals surface area contributed by atoms with Gasteiger partial charge in [0.25, 0.3) is 5.91 Å². The summed E-state index contributed by atoms with van der Waals surface area (Å²) >= 11 is 0. The Balaban J connectivity index is 2.00. The lowest BCUT2D eigenvalue weighted by Crippen LogP contribution is -2.47. The summed E-state index contributed by atoms with van der Waals surface area (Å²) in [7, 11) is 0. The van der Waals surface area contributed by atoms with Crippen LogP contribution in [0.3, 0.4) is 0 Å². The van der Waals surface area contributed by atoms with Gasteiger partial charge in [-0.25, -0.2) is 9.97 Å². The van der Waals surface area contributed by atoms with Crippen LogP contribution in [0.1, 0.15) is 48.6 Å². The van der Waals surface area contributed by atoms with E-state index in [9.17, 15) is 23.2 Å². The third-order valence-corrected chi connectivity index (χ3v) is 4.56. The molecule has 6 nitrogen and oxygen atoms in total. The Morgan fingerprint density at radius 3 is 2.62 bits per heavy atom. The van der Waals surface area contributed by atoms with Crippen LogP contribution in [0.5, 0.6) is 0 Å². The van der Waals surface area contributed by atoms with Gasteiger partial charge in [-0.2, -0.15) is 18.4 Å². The SMILES string of the molecule is Cc1cc(C(C)(C)C#N)nc2c(C(=O)NC(C3CC3)C(F)(F)F)ncn12. The van der Waals surface area contributed by atoms with Gasteiger partial charge in [-0.3, -0.25) is 9.20 Å². The Morgan fingerprint density at radius 1 is 1.42 bits per heavy atom. The number of aryl methyl sites for hydroxylation is 1. The summed E-state index contributed by atoms with van der Waals surface area (Å²) < 4.78 is 41.0. The maximum absolute atomic E-state index is 13.2. The van der Waals surface area contributed by atoms with E-state index in [-0.39, 0.29) is 11.3 Å². The van der Waals surface area contributed by atoms with Gasteiger partial charge in [-0.1, -0.05) is 0 Å². The lowest BCUT2D eigenvalue weighted by Gasteiger charge is -2.21. The number of halogens is 3. The highest BCUT2D eigenvalue weighted by atomic mass is 19.4. The van der Waals surface area contributed by atoms with Crippen molar-refractivity contribution in [1.82, 2.24) is 19.7 Å². The summed E-state index contributed by atoms with van der Waals surface area (Å²) in [5, 5.41) is 11.4. The molecule has 138 valence electrons. The molecule has 0 radical (unpaired) electrons. The Morgan fingerprint density at radius 2 is 2.08 bits per heavy atom. The molecule has 9 heteroatoms. The minimum absolute atomic E-state index is 0.137. The van der Waals surface area contributed by atoms with Crippen molar-refractivity contribution in [2.24, 2.45) is 5.92 Å². The van der Waals surface area contributed by atoms with Gasteiger partial charge in [-0.05, 0) is 45.6 Å². The molecule has 1 atom stereocenters. The molecule has 1 fully saturated rings. The van der Waals surface area contributed by atoms with Crippen LogP contribution < -0.4 is 5.32 Å². The Hall–Kier alpha value is -2.63. The summed E-state index contributed by atoms with van der Waals surface area (Å²) in [4.78, 5) is 20.7. The molecule has 2 aromatic rings. The zero-order chi connectivity index (χ0) is 19.3. The van der Waals surface area contributed by atoms with E-state index in [0.29, 0.717) is 24.2 Å². The molecule has 1 aliphatic rings. The van der Waals surface area contributed by atoms with Crippen molar-refractivity contribution in [2.75, 3.05) is 0 Å². The average molecular weight is 365 g/mol. The van der Waals surface area contributed by atoms with Crippen LogP contribution in [-0.4, -0.2) is 32.5 Å². The molecule has 1 unspecified atom stereocenters. The topological polar surface area (TPSA) is 83.1 Å². The van der Waals surface area contributed by atoms with Gasteiger partial charge in [0.05, 0.1) is 17.2 Å². The molecule has 26 heavy (non-hydrogen) atoms. The normalized spacial score (nSPS) is 16.3. The number of carbonyl (C=O) groups is 1. The lowest BCUT2D eigenvalue weighted by atomic mass is 9.91. The summed E-state index contributed by atoms with van der Waals surface area (Å²) in [6.45, 7) is 5.10. The van der Waals surface area contributed by atoms with Gasteiger partial charge >= 0.3 is 6.18 Å². The van der Waals surface area contributed by atoms with Crippen LogP contribution >= 0.6 is 0 Å². The van der Waals surface area contributed by atoms with E-state index >= 15 is 0 Å². The molecule has 0 spiro atoms. The van der Waals surface area contributed by atoms with Gasteiger partial charge in [0, 0.05) is 5.69 Å². The van der Waals surface area contributed by atoms with E-state index in [0.717, 1.165) is 0 Å². The van der Waals surface area contributed by atoms with Crippen molar-refractivity contribution >= 4 is 11.6 Å². The summed E-state index contributed by atoms with van der Waals surface area (Å²) in [5.74, 6) is -1.50. The number of nitrogens with one attached hydrogen (secondary N) is 1. The molecule has 0 bridgehead atoms. The van der Waals surface area contributed by atoms with Gasteiger partial charge in [0.2, 0.25) is 0 Å². The summed E-state index contributed by atoms with van der Waals surface area (Å²) in [6.07, 6.45) is -2.29. The smallest absolute Gasteiger partial charge is 0.339 e. The monoisotopic (exact) mass is 365 g/mol. The number of fused-ring (bicyclic) bond motifs is 1. The number of carbonyl (C=O) groups excluding carboxylic acids is 1. The number of imidazole rings is 1. The van der Waals surface area contributed by atoms with Crippen LogP contribution in [0.15, 0.2) is 12.4 Å². The van der Waals surface area contributed by atoms with Crippen molar-refractivity contribution in [3.63, 3.8) is 0 Å².